The van der Waals surface area contributed by atoms with Gasteiger partial charge in [0.1, 0.15) is 0 Å². The van der Waals surface area contributed by atoms with Gasteiger partial charge in [-0.15, -0.1) is 0 Å². The summed E-state index contributed by atoms with van der Waals surface area (Å²) in [4.78, 5) is 22.8. The van der Waals surface area contributed by atoms with Crippen LogP contribution in [0.5, 0.6) is 0 Å². The first-order valence-corrected chi connectivity index (χ1v) is 6.25. The van der Waals surface area contributed by atoms with Gasteiger partial charge >= 0.3 is 0 Å². The SMILES string of the molecule is O=C(CC1CC1)NCC(O)Cn1ccccc1=O. The van der Waals surface area contributed by atoms with Gasteiger partial charge in [0.05, 0.1) is 12.6 Å². The number of aliphatic hydroxyl groups is 1. The molecule has 1 aromatic heterocycles. The van der Waals surface area contributed by atoms with Crippen molar-refractivity contribution in [3.05, 3.63) is 34.7 Å². The molecule has 2 N–H and O–H groups in total. The molecule has 1 atom stereocenters. The van der Waals surface area contributed by atoms with Crippen LogP contribution in [0.4, 0.5) is 0 Å². The smallest absolute Gasteiger partial charge is 0.250 e. The van der Waals surface area contributed by atoms with E-state index in [0.717, 1.165) is 12.8 Å². The number of rotatable bonds is 6. The Morgan fingerprint density at radius 3 is 2.94 bits per heavy atom. The molecule has 0 aliphatic heterocycles. The first kappa shape index (κ1) is 12.8. The van der Waals surface area contributed by atoms with Gasteiger partial charge in [-0.25, -0.2) is 0 Å². The Labute approximate surface area is 105 Å². The number of aromatic nitrogens is 1. The van der Waals surface area contributed by atoms with Gasteiger partial charge < -0.3 is 15.0 Å². The standard InChI is InChI=1S/C13H18N2O3/c16-11(8-14-12(17)7-10-4-5-10)9-15-6-2-1-3-13(15)18/h1-3,6,10-11,16H,4-5,7-9H2,(H,14,17). The molecule has 0 saturated heterocycles. The zero-order chi connectivity index (χ0) is 13.0. The van der Waals surface area contributed by atoms with E-state index in [-0.39, 0.29) is 24.6 Å². The fraction of sp³-hybridized carbons (Fsp3) is 0.538. The molecule has 0 aromatic carbocycles. The quantitative estimate of drug-likeness (QED) is 0.753. The average Bonchev–Trinajstić information content (AvgIpc) is 3.13. The van der Waals surface area contributed by atoms with Gasteiger partial charge in [0.25, 0.3) is 5.56 Å². The normalized spacial score (nSPS) is 16.3. The summed E-state index contributed by atoms with van der Waals surface area (Å²) in [7, 11) is 0. The second kappa shape index (κ2) is 5.82. The highest BCUT2D eigenvalue weighted by molar-refractivity contribution is 5.76. The molecular formula is C13H18N2O3. The van der Waals surface area contributed by atoms with Crippen molar-refractivity contribution in [2.75, 3.05) is 6.54 Å². The third-order valence-electron chi connectivity index (χ3n) is 3.01. The molecule has 1 saturated carbocycles. The predicted molar refractivity (Wildman–Crippen MR) is 67.1 cm³/mol. The summed E-state index contributed by atoms with van der Waals surface area (Å²) < 4.78 is 1.43. The van der Waals surface area contributed by atoms with E-state index < -0.39 is 6.10 Å². The van der Waals surface area contributed by atoms with Crippen LogP contribution >= 0.6 is 0 Å². The Morgan fingerprint density at radius 2 is 2.28 bits per heavy atom. The second-order valence-electron chi connectivity index (χ2n) is 4.80. The number of hydrogen-bond acceptors (Lipinski definition) is 3. The maximum Gasteiger partial charge on any atom is 0.250 e. The van der Waals surface area contributed by atoms with Crippen LogP contribution in [0.2, 0.25) is 0 Å². The van der Waals surface area contributed by atoms with Crippen LogP contribution in [0.1, 0.15) is 19.3 Å². The molecule has 2 rings (SSSR count). The Bertz CT molecular complexity index is 465. The molecule has 1 amide bonds. The second-order valence-corrected chi connectivity index (χ2v) is 4.80. The highest BCUT2D eigenvalue weighted by atomic mass is 16.3. The van der Waals surface area contributed by atoms with Crippen LogP contribution in [0.3, 0.4) is 0 Å². The van der Waals surface area contributed by atoms with Crippen molar-refractivity contribution in [1.29, 1.82) is 0 Å². The minimum absolute atomic E-state index is 0.0167. The molecule has 1 aromatic rings. The van der Waals surface area contributed by atoms with Crippen LogP contribution < -0.4 is 10.9 Å². The Hall–Kier alpha value is -1.62. The summed E-state index contributed by atoms with van der Waals surface area (Å²) >= 11 is 0. The molecule has 1 fully saturated rings. The maximum absolute atomic E-state index is 11.4. The fourth-order valence-electron chi connectivity index (χ4n) is 1.79. The van der Waals surface area contributed by atoms with Crippen molar-refractivity contribution in [1.82, 2.24) is 9.88 Å². The topological polar surface area (TPSA) is 71.3 Å². The summed E-state index contributed by atoms with van der Waals surface area (Å²) in [6.45, 7) is 0.385. The summed E-state index contributed by atoms with van der Waals surface area (Å²) in [6, 6.07) is 4.83. The first-order chi connectivity index (χ1) is 8.65. The van der Waals surface area contributed by atoms with Gasteiger partial charge in [0.15, 0.2) is 0 Å². The van der Waals surface area contributed by atoms with E-state index in [1.54, 1.807) is 18.3 Å². The summed E-state index contributed by atoms with van der Waals surface area (Å²) in [5, 5.41) is 12.4. The van der Waals surface area contributed by atoms with Crippen LogP contribution in [0.25, 0.3) is 0 Å². The lowest BCUT2D eigenvalue weighted by atomic mass is 10.2. The van der Waals surface area contributed by atoms with Crippen molar-refractivity contribution in [3.8, 4) is 0 Å². The Balaban J connectivity index is 1.74. The molecule has 0 radical (unpaired) electrons. The van der Waals surface area contributed by atoms with Crippen molar-refractivity contribution < 1.29 is 9.90 Å². The third kappa shape index (κ3) is 4.00. The number of aliphatic hydroxyl groups excluding tert-OH is 1. The number of amides is 1. The van der Waals surface area contributed by atoms with Gasteiger partial charge in [-0.05, 0) is 24.8 Å². The van der Waals surface area contributed by atoms with Gasteiger partial charge in [-0.2, -0.15) is 0 Å². The molecule has 0 bridgehead atoms. The zero-order valence-electron chi connectivity index (χ0n) is 10.2. The van der Waals surface area contributed by atoms with E-state index >= 15 is 0 Å². The van der Waals surface area contributed by atoms with Crippen LogP contribution in [0.15, 0.2) is 29.2 Å². The summed E-state index contributed by atoms with van der Waals surface area (Å²) in [5.41, 5.74) is -0.152. The highest BCUT2D eigenvalue weighted by Crippen LogP contribution is 2.31. The molecule has 1 aliphatic rings. The maximum atomic E-state index is 11.4. The molecule has 5 nitrogen and oxygen atoms in total. The molecular weight excluding hydrogens is 232 g/mol. The predicted octanol–water partition coefficient (Wildman–Crippen LogP) is 0.125. The van der Waals surface area contributed by atoms with Gasteiger partial charge in [-0.3, -0.25) is 9.59 Å². The Morgan fingerprint density at radius 1 is 1.50 bits per heavy atom. The summed E-state index contributed by atoms with van der Waals surface area (Å²) in [5.74, 6) is 0.524. The lowest BCUT2D eigenvalue weighted by Gasteiger charge is -2.13. The minimum atomic E-state index is -0.742. The molecule has 1 heterocycles. The monoisotopic (exact) mass is 250 g/mol. The molecule has 98 valence electrons. The summed E-state index contributed by atoms with van der Waals surface area (Å²) in [6.07, 6.45) is 3.70. The van der Waals surface area contributed by atoms with E-state index in [0.29, 0.717) is 12.3 Å². The molecule has 5 heteroatoms. The van der Waals surface area contributed by atoms with E-state index in [1.807, 2.05) is 0 Å². The highest BCUT2D eigenvalue weighted by Gasteiger charge is 2.24. The van der Waals surface area contributed by atoms with Crippen molar-refractivity contribution in [2.24, 2.45) is 5.92 Å². The minimum Gasteiger partial charge on any atom is -0.389 e. The van der Waals surface area contributed by atoms with Crippen molar-refractivity contribution in [3.63, 3.8) is 0 Å². The zero-order valence-corrected chi connectivity index (χ0v) is 10.2. The molecule has 0 spiro atoms. The number of nitrogens with zero attached hydrogens (tertiary/aromatic N) is 1. The number of nitrogens with one attached hydrogen (secondary N) is 1. The number of pyridine rings is 1. The van der Waals surface area contributed by atoms with Crippen LogP contribution in [0, 0.1) is 5.92 Å². The fourth-order valence-corrected chi connectivity index (χ4v) is 1.79. The van der Waals surface area contributed by atoms with Crippen molar-refractivity contribution in [2.45, 2.75) is 31.9 Å². The van der Waals surface area contributed by atoms with Gasteiger partial charge in [0.2, 0.25) is 5.91 Å². The molecule has 18 heavy (non-hydrogen) atoms. The number of carbonyl (C=O) groups excluding carboxylic acids is 1. The van der Waals surface area contributed by atoms with Gasteiger partial charge in [-0.1, -0.05) is 6.07 Å². The largest absolute Gasteiger partial charge is 0.389 e. The number of carbonyl (C=O) groups is 1. The van der Waals surface area contributed by atoms with Crippen LogP contribution in [-0.2, 0) is 11.3 Å². The number of hydrogen-bond donors (Lipinski definition) is 2. The molecule has 1 aliphatic carbocycles. The van der Waals surface area contributed by atoms with E-state index in [9.17, 15) is 14.7 Å². The van der Waals surface area contributed by atoms with Crippen LogP contribution in [-0.4, -0.2) is 28.2 Å². The Kier molecular flexibility index (Phi) is 4.15. The van der Waals surface area contributed by atoms with E-state index in [2.05, 4.69) is 5.32 Å². The van der Waals surface area contributed by atoms with Crippen molar-refractivity contribution >= 4 is 5.91 Å². The lowest BCUT2D eigenvalue weighted by molar-refractivity contribution is -0.121. The first-order valence-electron chi connectivity index (χ1n) is 6.25. The average molecular weight is 250 g/mol. The van der Waals surface area contributed by atoms with E-state index in [1.165, 1.54) is 10.6 Å². The third-order valence-corrected chi connectivity index (χ3v) is 3.01. The lowest BCUT2D eigenvalue weighted by Crippen LogP contribution is -2.36. The van der Waals surface area contributed by atoms with Gasteiger partial charge in [0, 0.05) is 25.2 Å². The van der Waals surface area contributed by atoms with E-state index in [4.69, 9.17) is 0 Å². The molecule has 1 unspecified atom stereocenters.